The van der Waals surface area contributed by atoms with E-state index < -0.39 is 0 Å². The number of rotatable bonds is 3. The number of allylic oxidation sites excluding steroid dienone is 2. The lowest BCUT2D eigenvalue weighted by atomic mass is 9.66. The van der Waals surface area contributed by atoms with E-state index in [-0.39, 0.29) is 11.5 Å². The molecule has 0 bridgehead atoms. The van der Waals surface area contributed by atoms with Gasteiger partial charge in [-0.1, -0.05) is 6.92 Å². The maximum atomic E-state index is 10.3. The number of hydrogen-bond acceptors (Lipinski definition) is 3. The van der Waals surface area contributed by atoms with Gasteiger partial charge in [0.1, 0.15) is 0 Å². The molecular formula is C17H25NO2. The fourth-order valence-corrected chi connectivity index (χ4v) is 4.50. The van der Waals surface area contributed by atoms with Crippen LogP contribution in [0.3, 0.4) is 0 Å². The topological polar surface area (TPSA) is 53.2 Å². The molecule has 1 aliphatic heterocycles. The van der Waals surface area contributed by atoms with Crippen LogP contribution in [0, 0.1) is 22.7 Å². The Kier molecular flexibility index (Phi) is 3.77. The van der Waals surface area contributed by atoms with Crippen LogP contribution in [0.5, 0.6) is 0 Å². The molecule has 0 aromatic rings. The van der Waals surface area contributed by atoms with Crippen LogP contribution in [0.25, 0.3) is 0 Å². The quantitative estimate of drug-likeness (QED) is 0.799. The lowest BCUT2D eigenvalue weighted by Gasteiger charge is -2.44. The summed E-state index contributed by atoms with van der Waals surface area (Å²) in [4.78, 5) is 0. The number of fused-ring (bicyclic) bond motifs is 2. The number of nitrogens with zero attached hydrogens (tertiary/aromatic N) is 1. The van der Waals surface area contributed by atoms with E-state index in [1.165, 1.54) is 11.3 Å². The Labute approximate surface area is 121 Å². The third-order valence-corrected chi connectivity index (χ3v) is 5.81. The monoisotopic (exact) mass is 275 g/mol. The summed E-state index contributed by atoms with van der Waals surface area (Å²) in [6, 6.07) is 2.21. The van der Waals surface area contributed by atoms with Crippen molar-refractivity contribution in [3.05, 3.63) is 11.3 Å². The Bertz CT molecular complexity index is 450. The van der Waals surface area contributed by atoms with Crippen molar-refractivity contribution in [2.45, 2.75) is 76.9 Å². The second-order valence-corrected chi connectivity index (χ2v) is 6.93. The molecule has 1 saturated carbocycles. The second kappa shape index (κ2) is 5.41. The highest BCUT2D eigenvalue weighted by Gasteiger charge is 2.50. The molecule has 0 amide bonds. The number of ether oxygens (including phenoxy) is 1. The van der Waals surface area contributed by atoms with Gasteiger partial charge in [-0.3, -0.25) is 0 Å². The van der Waals surface area contributed by atoms with Crippen LogP contribution in [0.2, 0.25) is 0 Å². The molecule has 0 radical (unpaired) electrons. The molecule has 1 fully saturated rings. The molecular weight excluding hydrogens is 250 g/mol. The number of nitriles is 1. The van der Waals surface area contributed by atoms with E-state index in [4.69, 9.17) is 10.00 Å². The predicted molar refractivity (Wildman–Crippen MR) is 76.7 cm³/mol. The Morgan fingerprint density at radius 1 is 1.35 bits per heavy atom. The van der Waals surface area contributed by atoms with Crippen molar-refractivity contribution >= 4 is 0 Å². The summed E-state index contributed by atoms with van der Waals surface area (Å²) in [5.41, 5.74) is 1.60. The van der Waals surface area contributed by atoms with E-state index >= 15 is 0 Å². The normalized spacial score (nSPS) is 39.8. The molecule has 3 aliphatic rings. The zero-order chi connectivity index (χ0) is 14.2. The second-order valence-electron chi connectivity index (χ2n) is 6.93. The Balaban J connectivity index is 1.69. The third kappa shape index (κ3) is 2.24. The summed E-state index contributed by atoms with van der Waals surface area (Å²) in [5, 5.41) is 18.9. The average molecular weight is 275 g/mol. The smallest absolute Gasteiger partial charge is 0.0985 e. The van der Waals surface area contributed by atoms with Gasteiger partial charge in [-0.15, -0.1) is 0 Å². The summed E-state index contributed by atoms with van der Waals surface area (Å²) >= 11 is 0. The minimum absolute atomic E-state index is 0.0931. The minimum Gasteiger partial charge on any atom is -0.495 e. The van der Waals surface area contributed by atoms with Gasteiger partial charge in [-0.25, -0.2) is 0 Å². The van der Waals surface area contributed by atoms with Crippen molar-refractivity contribution in [2.24, 2.45) is 11.3 Å². The van der Waals surface area contributed by atoms with Crippen molar-refractivity contribution in [1.82, 2.24) is 0 Å². The molecule has 110 valence electrons. The highest BCUT2D eigenvalue weighted by Crippen LogP contribution is 2.56. The van der Waals surface area contributed by atoms with E-state index in [0.717, 1.165) is 51.4 Å². The van der Waals surface area contributed by atoms with E-state index in [1.54, 1.807) is 0 Å². The summed E-state index contributed by atoms with van der Waals surface area (Å²) in [6.45, 7) is 2.26. The van der Waals surface area contributed by atoms with Crippen molar-refractivity contribution in [3.8, 4) is 6.07 Å². The van der Waals surface area contributed by atoms with Gasteiger partial charge in [-0.2, -0.15) is 5.26 Å². The zero-order valence-corrected chi connectivity index (χ0v) is 12.4. The molecule has 4 atom stereocenters. The van der Waals surface area contributed by atoms with Crippen LogP contribution in [0.15, 0.2) is 11.3 Å². The Morgan fingerprint density at radius 2 is 2.20 bits per heavy atom. The third-order valence-electron chi connectivity index (χ3n) is 5.81. The summed E-state index contributed by atoms with van der Waals surface area (Å²) in [6.07, 6.45) is 9.13. The Morgan fingerprint density at radius 3 is 3.00 bits per heavy atom. The first-order chi connectivity index (χ1) is 9.65. The molecule has 0 aromatic heterocycles. The van der Waals surface area contributed by atoms with Gasteiger partial charge in [0, 0.05) is 18.3 Å². The van der Waals surface area contributed by atoms with E-state index in [9.17, 15) is 5.11 Å². The van der Waals surface area contributed by atoms with Crippen molar-refractivity contribution in [3.63, 3.8) is 0 Å². The van der Waals surface area contributed by atoms with Gasteiger partial charge in [0.25, 0.3) is 0 Å². The highest BCUT2D eigenvalue weighted by molar-refractivity contribution is 5.25. The van der Waals surface area contributed by atoms with Crippen LogP contribution < -0.4 is 0 Å². The van der Waals surface area contributed by atoms with Crippen LogP contribution in [-0.2, 0) is 4.74 Å². The molecule has 1 heterocycles. The molecule has 0 aromatic carbocycles. The lowest BCUT2D eigenvalue weighted by Crippen LogP contribution is -2.38. The van der Waals surface area contributed by atoms with Crippen molar-refractivity contribution in [2.75, 3.05) is 0 Å². The van der Waals surface area contributed by atoms with Crippen LogP contribution >= 0.6 is 0 Å². The molecule has 1 N–H and O–H groups in total. The van der Waals surface area contributed by atoms with E-state index in [2.05, 4.69) is 13.0 Å². The first-order valence-corrected chi connectivity index (χ1v) is 8.08. The molecule has 3 nitrogen and oxygen atoms in total. The number of unbranched alkanes of at least 4 members (excludes halogenated alkanes) is 1. The van der Waals surface area contributed by atoms with Gasteiger partial charge >= 0.3 is 0 Å². The summed E-state index contributed by atoms with van der Waals surface area (Å²) in [7, 11) is 0. The van der Waals surface area contributed by atoms with Gasteiger partial charge in [0.2, 0.25) is 0 Å². The number of aliphatic hydroxyl groups excluding tert-OH is 1. The molecule has 0 saturated heterocycles. The van der Waals surface area contributed by atoms with Gasteiger partial charge in [0.05, 0.1) is 24.0 Å². The number of aliphatic hydroxyl groups is 1. The maximum Gasteiger partial charge on any atom is 0.0985 e. The maximum absolute atomic E-state index is 10.3. The lowest BCUT2D eigenvalue weighted by molar-refractivity contribution is 0.00451. The standard InChI is InChI=1S/C17H25NO2/c1-17-10-9-15-13(14(17)7-8-16(17)19)6-5-12(20-15)4-2-3-11-18/h12,14,16,19H,2-10H2,1H3/t12?,14?,16-,17?/m1/s1. The fourth-order valence-electron chi connectivity index (χ4n) is 4.50. The van der Waals surface area contributed by atoms with E-state index in [0.29, 0.717) is 18.4 Å². The SMILES string of the molecule is CC12CCC3=C(CCC(CCCC#N)O3)C1CC[C@H]2O. The van der Waals surface area contributed by atoms with Crippen LogP contribution in [0.4, 0.5) is 0 Å². The van der Waals surface area contributed by atoms with Gasteiger partial charge < -0.3 is 9.84 Å². The largest absolute Gasteiger partial charge is 0.495 e. The minimum atomic E-state index is -0.130. The average Bonchev–Trinajstić information content (AvgIpc) is 2.75. The summed E-state index contributed by atoms with van der Waals surface area (Å²) in [5.74, 6) is 1.77. The van der Waals surface area contributed by atoms with E-state index in [1.807, 2.05) is 0 Å². The molecule has 3 heteroatoms. The van der Waals surface area contributed by atoms with Gasteiger partial charge in [-0.05, 0) is 56.4 Å². The molecule has 3 unspecified atom stereocenters. The molecule has 3 rings (SSSR count). The molecule has 20 heavy (non-hydrogen) atoms. The van der Waals surface area contributed by atoms with Gasteiger partial charge in [0.15, 0.2) is 0 Å². The highest BCUT2D eigenvalue weighted by atomic mass is 16.5. The number of hydrogen-bond donors (Lipinski definition) is 1. The van der Waals surface area contributed by atoms with Crippen LogP contribution in [0.1, 0.15) is 64.7 Å². The molecule has 0 spiro atoms. The Hall–Kier alpha value is -1.01. The fraction of sp³-hybridized carbons (Fsp3) is 0.824. The zero-order valence-electron chi connectivity index (χ0n) is 12.4. The first kappa shape index (κ1) is 13.9. The first-order valence-electron chi connectivity index (χ1n) is 8.08. The molecule has 2 aliphatic carbocycles. The van der Waals surface area contributed by atoms with Crippen LogP contribution in [-0.4, -0.2) is 17.3 Å². The van der Waals surface area contributed by atoms with Crippen molar-refractivity contribution in [1.29, 1.82) is 5.26 Å². The summed E-state index contributed by atoms with van der Waals surface area (Å²) < 4.78 is 6.21. The van der Waals surface area contributed by atoms with Crippen molar-refractivity contribution < 1.29 is 9.84 Å². The predicted octanol–water partition coefficient (Wildman–Crippen LogP) is 3.68.